The molecule has 1 aliphatic rings. The highest BCUT2D eigenvalue weighted by atomic mass is 32.1. The second-order valence-electron chi connectivity index (χ2n) is 4.32. The lowest BCUT2D eigenvalue weighted by atomic mass is 10.1. The van der Waals surface area contributed by atoms with Gasteiger partial charge in [0.05, 0.1) is 0 Å². The molecule has 0 amide bonds. The minimum Gasteiger partial charge on any atom is -0.342 e. The number of alkyl halides is 3. The molecule has 1 aromatic rings. The molecule has 2 rings (SSSR count). The molecule has 0 spiro atoms. The predicted octanol–water partition coefficient (Wildman–Crippen LogP) is 2.26. The summed E-state index contributed by atoms with van der Waals surface area (Å²) < 4.78 is 37.5. The third-order valence-corrected chi connectivity index (χ3v) is 4.06. The summed E-state index contributed by atoms with van der Waals surface area (Å²) >= 11 is 0.598. The van der Waals surface area contributed by atoms with E-state index in [1.807, 2.05) is 4.90 Å². The van der Waals surface area contributed by atoms with Crippen LogP contribution in [0.2, 0.25) is 0 Å². The van der Waals surface area contributed by atoms with E-state index in [1.165, 1.54) is 0 Å². The Balaban J connectivity index is 2.20. The van der Waals surface area contributed by atoms with Crippen molar-refractivity contribution < 1.29 is 13.2 Å². The maximum absolute atomic E-state index is 12.5. The van der Waals surface area contributed by atoms with Crippen LogP contribution in [0.25, 0.3) is 0 Å². The summed E-state index contributed by atoms with van der Waals surface area (Å²) in [6, 6.07) is 0.0709. The molecule has 1 unspecified atom stereocenters. The highest BCUT2D eigenvalue weighted by molar-refractivity contribution is 7.15. The first-order chi connectivity index (χ1) is 8.52. The number of hydrogen-bond acceptors (Lipinski definition) is 5. The normalized spacial score (nSPS) is 22.0. The summed E-state index contributed by atoms with van der Waals surface area (Å²) in [5.41, 5.74) is 5.69. The van der Waals surface area contributed by atoms with Crippen LogP contribution in [0.4, 0.5) is 18.3 Å². The summed E-state index contributed by atoms with van der Waals surface area (Å²) in [5.74, 6) is 0. The molecule has 0 bridgehead atoms. The van der Waals surface area contributed by atoms with Crippen molar-refractivity contribution in [3.05, 3.63) is 5.01 Å². The van der Waals surface area contributed by atoms with Gasteiger partial charge in [-0.1, -0.05) is 24.2 Å². The van der Waals surface area contributed by atoms with Gasteiger partial charge in [0.25, 0.3) is 0 Å². The van der Waals surface area contributed by atoms with Crippen LogP contribution >= 0.6 is 11.3 Å². The molecule has 0 aromatic carbocycles. The lowest BCUT2D eigenvalue weighted by molar-refractivity contribution is -0.138. The van der Waals surface area contributed by atoms with Gasteiger partial charge in [0.1, 0.15) is 0 Å². The maximum atomic E-state index is 12.5. The van der Waals surface area contributed by atoms with E-state index >= 15 is 0 Å². The first kappa shape index (κ1) is 13.5. The summed E-state index contributed by atoms with van der Waals surface area (Å²) in [6.07, 6.45) is -0.421. The van der Waals surface area contributed by atoms with Crippen LogP contribution in [0.1, 0.15) is 30.7 Å². The first-order valence-electron chi connectivity index (χ1n) is 5.90. The number of aromatic nitrogens is 2. The van der Waals surface area contributed by atoms with E-state index in [2.05, 4.69) is 10.2 Å². The molecule has 0 aliphatic carbocycles. The van der Waals surface area contributed by atoms with Gasteiger partial charge in [0.15, 0.2) is 0 Å². The highest BCUT2D eigenvalue weighted by Crippen LogP contribution is 2.35. The summed E-state index contributed by atoms with van der Waals surface area (Å²) in [7, 11) is 0. The molecule has 102 valence electrons. The number of nitrogens with zero attached hydrogens (tertiary/aromatic N) is 3. The van der Waals surface area contributed by atoms with Gasteiger partial charge in [-0.05, 0) is 12.8 Å². The van der Waals surface area contributed by atoms with Crippen molar-refractivity contribution in [3.63, 3.8) is 0 Å². The van der Waals surface area contributed by atoms with Gasteiger partial charge in [0, 0.05) is 19.1 Å². The van der Waals surface area contributed by atoms with Crippen LogP contribution in [-0.4, -0.2) is 29.3 Å². The monoisotopic (exact) mass is 280 g/mol. The third-order valence-electron chi connectivity index (χ3n) is 3.05. The molecule has 1 saturated heterocycles. The van der Waals surface area contributed by atoms with Gasteiger partial charge in [-0.15, -0.1) is 10.2 Å². The predicted molar refractivity (Wildman–Crippen MR) is 63.6 cm³/mol. The molecule has 0 radical (unpaired) electrons. The van der Waals surface area contributed by atoms with Crippen LogP contribution in [0, 0.1) is 0 Å². The van der Waals surface area contributed by atoms with Crippen molar-refractivity contribution in [2.45, 2.75) is 37.9 Å². The van der Waals surface area contributed by atoms with Gasteiger partial charge < -0.3 is 10.6 Å². The number of anilines is 1. The number of hydrogen-bond donors (Lipinski definition) is 1. The molecule has 1 atom stereocenters. The van der Waals surface area contributed by atoms with Crippen LogP contribution in [0.3, 0.4) is 0 Å². The van der Waals surface area contributed by atoms with E-state index in [0.29, 0.717) is 29.6 Å². The van der Waals surface area contributed by atoms with E-state index < -0.39 is 11.2 Å². The second kappa shape index (κ2) is 5.40. The quantitative estimate of drug-likeness (QED) is 0.903. The Kier molecular flexibility index (Phi) is 4.06. The summed E-state index contributed by atoms with van der Waals surface area (Å²) in [5, 5.41) is 6.33. The van der Waals surface area contributed by atoms with Gasteiger partial charge in [-0.3, -0.25) is 0 Å². The van der Waals surface area contributed by atoms with Gasteiger partial charge >= 0.3 is 6.18 Å². The molecule has 4 nitrogen and oxygen atoms in total. The average molecular weight is 280 g/mol. The lowest BCUT2D eigenvalue weighted by Crippen LogP contribution is -2.40. The molecule has 0 saturated carbocycles. The van der Waals surface area contributed by atoms with E-state index in [0.717, 1.165) is 25.7 Å². The van der Waals surface area contributed by atoms with Gasteiger partial charge in [-0.25, -0.2) is 0 Å². The van der Waals surface area contributed by atoms with Crippen LogP contribution < -0.4 is 10.6 Å². The number of rotatable bonds is 2. The van der Waals surface area contributed by atoms with Crippen LogP contribution in [0.15, 0.2) is 0 Å². The fourth-order valence-corrected chi connectivity index (χ4v) is 2.93. The Morgan fingerprint density at radius 2 is 2.06 bits per heavy atom. The third kappa shape index (κ3) is 2.92. The Morgan fingerprint density at radius 3 is 2.67 bits per heavy atom. The van der Waals surface area contributed by atoms with Crippen LogP contribution in [0.5, 0.6) is 0 Å². The Morgan fingerprint density at radius 1 is 1.28 bits per heavy atom. The minimum absolute atomic E-state index is 0.0709. The fourth-order valence-electron chi connectivity index (χ4n) is 2.12. The highest BCUT2D eigenvalue weighted by Gasteiger charge is 2.36. The Labute approximate surface area is 107 Å². The van der Waals surface area contributed by atoms with Gasteiger partial charge in [-0.2, -0.15) is 13.2 Å². The van der Waals surface area contributed by atoms with Crippen molar-refractivity contribution in [2.24, 2.45) is 5.73 Å². The molecular weight excluding hydrogens is 265 g/mol. The van der Waals surface area contributed by atoms with Crippen molar-refractivity contribution >= 4 is 16.5 Å². The van der Waals surface area contributed by atoms with E-state index in [1.54, 1.807) is 0 Å². The number of halogens is 3. The zero-order chi connectivity index (χ0) is 13.2. The summed E-state index contributed by atoms with van der Waals surface area (Å²) in [4.78, 5) is 1.87. The molecular formula is C10H15F3N4S. The molecule has 2 N–H and O–H groups in total. The molecule has 18 heavy (non-hydrogen) atoms. The van der Waals surface area contributed by atoms with E-state index in [4.69, 9.17) is 5.73 Å². The van der Waals surface area contributed by atoms with Crippen molar-refractivity contribution in [1.29, 1.82) is 0 Å². The lowest BCUT2D eigenvalue weighted by Gasteiger charge is -2.27. The topological polar surface area (TPSA) is 55.0 Å². The molecule has 1 aromatic heterocycles. The van der Waals surface area contributed by atoms with Crippen LogP contribution in [-0.2, 0) is 6.18 Å². The molecule has 1 aliphatic heterocycles. The van der Waals surface area contributed by atoms with E-state index in [-0.39, 0.29) is 6.04 Å². The number of nitrogens with two attached hydrogens (primary N) is 1. The van der Waals surface area contributed by atoms with Crippen molar-refractivity contribution in [2.75, 3.05) is 18.0 Å². The average Bonchev–Trinajstić information content (AvgIpc) is 2.68. The molecule has 8 heteroatoms. The van der Waals surface area contributed by atoms with Gasteiger partial charge in [0.2, 0.25) is 10.1 Å². The summed E-state index contributed by atoms with van der Waals surface area (Å²) in [6.45, 7) is 1.13. The Hall–Kier alpha value is -0.890. The zero-order valence-electron chi connectivity index (χ0n) is 9.78. The van der Waals surface area contributed by atoms with E-state index in [9.17, 15) is 13.2 Å². The smallest absolute Gasteiger partial charge is 0.342 e. The molecule has 1 fully saturated rings. The first-order valence-corrected chi connectivity index (χ1v) is 6.71. The zero-order valence-corrected chi connectivity index (χ0v) is 10.6. The van der Waals surface area contributed by atoms with Crippen molar-refractivity contribution in [1.82, 2.24) is 10.2 Å². The SMILES string of the molecule is NCC1CCCCCN1c1nnc(C(F)(F)F)s1. The maximum Gasteiger partial charge on any atom is 0.445 e. The minimum atomic E-state index is -4.42. The second-order valence-corrected chi connectivity index (χ2v) is 5.28. The Bertz CT molecular complexity index is 393. The standard InChI is InChI=1S/C10H15F3N4S/c11-10(12,13)8-15-16-9(18-8)17-5-3-1-2-4-7(17)6-14/h7H,1-6,14H2. The largest absolute Gasteiger partial charge is 0.445 e. The fraction of sp³-hybridized carbons (Fsp3) is 0.800. The van der Waals surface area contributed by atoms with Crippen molar-refractivity contribution in [3.8, 4) is 0 Å². The molecule has 2 heterocycles.